The van der Waals surface area contributed by atoms with Gasteiger partial charge in [-0.05, 0) is 34.7 Å². The molecule has 2 heterocycles. The quantitative estimate of drug-likeness (QED) is 0.528. The van der Waals surface area contributed by atoms with Crippen LogP contribution in [0.15, 0.2) is 81.4 Å². The van der Waals surface area contributed by atoms with Crippen LogP contribution in [-0.4, -0.2) is 50.1 Å². The molecule has 166 valence electrons. The molecule has 0 fully saturated rings. The first kappa shape index (κ1) is 22.2. The molecule has 0 bridgehead atoms. The second-order valence-electron chi connectivity index (χ2n) is 7.34. The molecular formula is C23H23N3O4S2. The lowest BCUT2D eigenvalue weighted by atomic mass is 9.98. The molecule has 0 saturated heterocycles. The Morgan fingerprint density at radius 2 is 1.84 bits per heavy atom. The number of methoxy groups -OCH3 is 1. The fraction of sp³-hybridized carbons (Fsp3) is 0.217. The SMILES string of the molecule is COc1ccc(C2CC(c3ccccc3)=NN2C(=O)CN(C)S(=O)(=O)c2cccs2)cc1. The van der Waals surface area contributed by atoms with Gasteiger partial charge in [-0.1, -0.05) is 48.5 Å². The van der Waals surface area contributed by atoms with Gasteiger partial charge in [0, 0.05) is 13.5 Å². The molecule has 32 heavy (non-hydrogen) atoms. The minimum absolute atomic E-state index is 0.203. The van der Waals surface area contributed by atoms with E-state index in [0.717, 1.165) is 38.2 Å². The van der Waals surface area contributed by atoms with E-state index in [9.17, 15) is 13.2 Å². The fourth-order valence-corrected chi connectivity index (χ4v) is 5.86. The Labute approximate surface area is 191 Å². The van der Waals surface area contributed by atoms with Crippen LogP contribution in [0.25, 0.3) is 0 Å². The first-order valence-corrected chi connectivity index (χ1v) is 12.3. The van der Waals surface area contributed by atoms with Crippen molar-refractivity contribution >= 4 is 33.0 Å². The van der Waals surface area contributed by atoms with Gasteiger partial charge in [-0.2, -0.15) is 9.41 Å². The molecule has 3 aromatic rings. The maximum absolute atomic E-state index is 13.2. The topological polar surface area (TPSA) is 79.3 Å². The summed E-state index contributed by atoms with van der Waals surface area (Å²) in [5.74, 6) is 0.329. The van der Waals surface area contributed by atoms with Crippen molar-refractivity contribution in [2.45, 2.75) is 16.7 Å². The number of rotatable bonds is 7. The molecule has 1 unspecified atom stereocenters. The molecule has 2 aromatic carbocycles. The van der Waals surface area contributed by atoms with E-state index in [-0.39, 0.29) is 22.7 Å². The number of hydrogen-bond acceptors (Lipinski definition) is 6. The summed E-state index contributed by atoms with van der Waals surface area (Å²) >= 11 is 1.12. The highest BCUT2D eigenvalue weighted by molar-refractivity contribution is 7.91. The van der Waals surface area contributed by atoms with Crippen LogP contribution in [0.5, 0.6) is 5.75 Å². The predicted molar refractivity (Wildman–Crippen MR) is 124 cm³/mol. The lowest BCUT2D eigenvalue weighted by Gasteiger charge is -2.24. The summed E-state index contributed by atoms with van der Waals surface area (Å²) in [7, 11) is -0.730. The lowest BCUT2D eigenvalue weighted by Crippen LogP contribution is -2.39. The summed E-state index contributed by atoms with van der Waals surface area (Å²) in [5, 5.41) is 7.71. The van der Waals surface area contributed by atoms with E-state index >= 15 is 0 Å². The number of carbonyl (C=O) groups is 1. The van der Waals surface area contributed by atoms with E-state index in [1.807, 2.05) is 54.6 Å². The smallest absolute Gasteiger partial charge is 0.258 e. The minimum Gasteiger partial charge on any atom is -0.497 e. The van der Waals surface area contributed by atoms with Crippen LogP contribution >= 0.6 is 11.3 Å². The van der Waals surface area contributed by atoms with Crippen LogP contribution in [0.3, 0.4) is 0 Å². The zero-order chi connectivity index (χ0) is 22.7. The molecule has 1 aliphatic rings. The van der Waals surface area contributed by atoms with Crippen molar-refractivity contribution < 1.29 is 17.9 Å². The number of nitrogens with zero attached hydrogens (tertiary/aromatic N) is 3. The average molecular weight is 470 g/mol. The highest BCUT2D eigenvalue weighted by Crippen LogP contribution is 2.34. The van der Waals surface area contributed by atoms with Crippen molar-refractivity contribution in [2.24, 2.45) is 5.10 Å². The Bertz CT molecular complexity index is 1210. The third-order valence-corrected chi connectivity index (χ3v) is 8.47. The number of amides is 1. The molecule has 9 heteroatoms. The molecule has 1 aromatic heterocycles. The Hall–Kier alpha value is -3.01. The Morgan fingerprint density at radius 3 is 2.47 bits per heavy atom. The van der Waals surface area contributed by atoms with E-state index in [1.54, 1.807) is 18.6 Å². The first-order chi connectivity index (χ1) is 15.4. The Kier molecular flexibility index (Phi) is 6.40. The van der Waals surface area contributed by atoms with Crippen LogP contribution in [0.2, 0.25) is 0 Å². The number of hydrogen-bond donors (Lipinski definition) is 0. The van der Waals surface area contributed by atoms with Crippen molar-refractivity contribution in [3.63, 3.8) is 0 Å². The number of hydrazone groups is 1. The number of benzene rings is 2. The highest BCUT2D eigenvalue weighted by Gasteiger charge is 2.35. The number of ether oxygens (including phenoxy) is 1. The Balaban J connectivity index is 1.62. The van der Waals surface area contributed by atoms with Gasteiger partial charge in [0.05, 0.1) is 25.4 Å². The van der Waals surface area contributed by atoms with E-state index in [0.29, 0.717) is 6.42 Å². The molecule has 0 spiro atoms. The third-order valence-electron chi connectivity index (χ3n) is 5.29. The molecule has 7 nitrogen and oxygen atoms in total. The average Bonchev–Trinajstić information content (AvgIpc) is 3.51. The minimum atomic E-state index is -3.74. The first-order valence-electron chi connectivity index (χ1n) is 9.99. The van der Waals surface area contributed by atoms with Gasteiger partial charge in [-0.15, -0.1) is 11.3 Å². The molecule has 0 N–H and O–H groups in total. The highest BCUT2D eigenvalue weighted by atomic mass is 32.2. The predicted octanol–water partition coefficient (Wildman–Crippen LogP) is 3.76. The van der Waals surface area contributed by atoms with Crippen molar-refractivity contribution in [1.82, 2.24) is 9.31 Å². The van der Waals surface area contributed by atoms with Crippen molar-refractivity contribution in [3.8, 4) is 5.75 Å². The monoisotopic (exact) mass is 469 g/mol. The zero-order valence-corrected chi connectivity index (χ0v) is 19.3. The maximum atomic E-state index is 13.2. The van der Waals surface area contributed by atoms with E-state index in [2.05, 4.69) is 5.10 Å². The molecule has 1 aliphatic heterocycles. The van der Waals surface area contributed by atoms with Crippen molar-refractivity contribution in [2.75, 3.05) is 20.7 Å². The molecule has 1 amide bonds. The van der Waals surface area contributed by atoms with Crippen LogP contribution in [0.4, 0.5) is 0 Å². The van der Waals surface area contributed by atoms with Gasteiger partial charge in [0.1, 0.15) is 9.96 Å². The Morgan fingerprint density at radius 1 is 1.12 bits per heavy atom. The summed E-state index contributed by atoms with van der Waals surface area (Å²) < 4.78 is 32.1. The molecule has 0 radical (unpaired) electrons. The molecule has 4 rings (SSSR count). The largest absolute Gasteiger partial charge is 0.497 e. The van der Waals surface area contributed by atoms with Gasteiger partial charge in [0.15, 0.2) is 0 Å². The van der Waals surface area contributed by atoms with E-state index < -0.39 is 10.0 Å². The normalized spacial score (nSPS) is 16.3. The van der Waals surface area contributed by atoms with Gasteiger partial charge in [0.2, 0.25) is 0 Å². The summed E-state index contributed by atoms with van der Waals surface area (Å²) in [6.45, 7) is -0.307. The molecule has 0 aliphatic carbocycles. The summed E-state index contributed by atoms with van der Waals surface area (Å²) in [6.07, 6.45) is 0.531. The standard InChI is InChI=1S/C23H23N3O4S2/c1-25(32(28,29)23-9-6-14-31-23)16-22(27)26-21(18-10-12-19(30-2)13-11-18)15-20(24-26)17-7-4-3-5-8-17/h3-14,21H,15-16H2,1-2H3. The van der Waals surface area contributed by atoms with Gasteiger partial charge in [0.25, 0.3) is 15.9 Å². The number of likely N-dealkylation sites (N-methyl/N-ethyl adjacent to an activating group) is 1. The summed E-state index contributed by atoms with van der Waals surface area (Å²) in [6, 6.07) is 20.0. The van der Waals surface area contributed by atoms with Crippen molar-refractivity contribution in [1.29, 1.82) is 0 Å². The number of sulfonamides is 1. The second kappa shape index (κ2) is 9.23. The lowest BCUT2D eigenvalue weighted by molar-refractivity contribution is -0.133. The summed E-state index contributed by atoms with van der Waals surface area (Å²) in [4.78, 5) is 13.2. The zero-order valence-electron chi connectivity index (χ0n) is 17.7. The molecule has 1 atom stereocenters. The van der Waals surface area contributed by atoms with E-state index in [1.165, 1.54) is 18.1 Å². The second-order valence-corrected chi connectivity index (χ2v) is 10.6. The van der Waals surface area contributed by atoms with Crippen LogP contribution in [0.1, 0.15) is 23.6 Å². The van der Waals surface area contributed by atoms with E-state index in [4.69, 9.17) is 4.74 Å². The maximum Gasteiger partial charge on any atom is 0.258 e. The van der Waals surface area contributed by atoms with Crippen LogP contribution in [0, 0.1) is 0 Å². The fourth-order valence-electron chi connectivity index (χ4n) is 3.54. The molecular weight excluding hydrogens is 446 g/mol. The number of carbonyl (C=O) groups excluding carboxylic acids is 1. The van der Waals surface area contributed by atoms with Gasteiger partial charge >= 0.3 is 0 Å². The summed E-state index contributed by atoms with van der Waals surface area (Å²) in [5.41, 5.74) is 2.61. The van der Waals surface area contributed by atoms with Crippen LogP contribution < -0.4 is 4.74 Å². The van der Waals surface area contributed by atoms with Crippen LogP contribution in [-0.2, 0) is 14.8 Å². The molecule has 0 saturated carbocycles. The third kappa shape index (κ3) is 4.45. The van der Waals surface area contributed by atoms with Gasteiger partial charge in [-0.3, -0.25) is 4.79 Å². The van der Waals surface area contributed by atoms with Gasteiger partial charge in [-0.25, -0.2) is 13.4 Å². The van der Waals surface area contributed by atoms with Gasteiger partial charge < -0.3 is 4.74 Å². The number of thiophene rings is 1. The van der Waals surface area contributed by atoms with Crippen molar-refractivity contribution in [3.05, 3.63) is 83.2 Å².